The monoisotopic (exact) mass is 302 g/mol. The maximum atomic E-state index is 11.0. The van der Waals surface area contributed by atoms with E-state index in [2.05, 4.69) is 20.7 Å². The second-order valence-electron chi connectivity index (χ2n) is 5.22. The smallest absolute Gasteiger partial charge is 0.305 e. The Bertz CT molecular complexity index is 554. The van der Waals surface area contributed by atoms with Gasteiger partial charge in [-0.2, -0.15) is 0 Å². The van der Waals surface area contributed by atoms with Gasteiger partial charge in [-0.1, -0.05) is 0 Å². The first-order valence-electron chi connectivity index (χ1n) is 7.30. The number of benzene rings is 1. The summed E-state index contributed by atoms with van der Waals surface area (Å²) in [4.78, 5) is 15.4. The van der Waals surface area contributed by atoms with Crippen molar-refractivity contribution in [2.24, 2.45) is 5.73 Å². The topological polar surface area (TPSA) is 82.7 Å². The molecule has 0 saturated heterocycles. The van der Waals surface area contributed by atoms with Crippen LogP contribution >= 0.6 is 0 Å². The Morgan fingerprint density at radius 1 is 1.27 bits per heavy atom. The van der Waals surface area contributed by atoms with E-state index in [1.807, 2.05) is 30.5 Å². The molecular formula is C16H22N4O2. The Morgan fingerprint density at radius 2 is 2.00 bits per heavy atom. The lowest BCUT2D eigenvalue weighted by atomic mass is 10.2. The van der Waals surface area contributed by atoms with Gasteiger partial charge in [-0.25, -0.2) is 0 Å². The van der Waals surface area contributed by atoms with Crippen LogP contribution in [0.3, 0.4) is 0 Å². The van der Waals surface area contributed by atoms with Crippen LogP contribution in [0.4, 0.5) is 5.69 Å². The molecule has 0 bridgehead atoms. The highest BCUT2D eigenvalue weighted by Gasteiger charge is 2.13. The molecule has 1 aromatic rings. The first-order chi connectivity index (χ1) is 10.6. The molecule has 0 radical (unpaired) electrons. The Kier molecular flexibility index (Phi) is 5.41. The van der Waals surface area contributed by atoms with Crippen LogP contribution in [0, 0.1) is 5.41 Å². The third-order valence-electron chi connectivity index (χ3n) is 3.61. The van der Waals surface area contributed by atoms with Crippen molar-refractivity contribution < 1.29 is 9.53 Å². The van der Waals surface area contributed by atoms with Crippen LogP contribution in [-0.4, -0.2) is 37.0 Å². The predicted molar refractivity (Wildman–Crippen MR) is 86.5 cm³/mol. The molecule has 6 heteroatoms. The van der Waals surface area contributed by atoms with Crippen LogP contribution in [0.1, 0.15) is 24.8 Å². The van der Waals surface area contributed by atoms with E-state index >= 15 is 0 Å². The summed E-state index contributed by atoms with van der Waals surface area (Å²) in [6.45, 7) is 1.70. The number of hydrogen-bond acceptors (Lipinski definition) is 5. The number of carbonyl (C=O) groups is 1. The van der Waals surface area contributed by atoms with Crippen molar-refractivity contribution in [1.29, 1.82) is 5.41 Å². The Labute approximate surface area is 130 Å². The van der Waals surface area contributed by atoms with Crippen LogP contribution in [-0.2, 0) is 9.53 Å². The molecule has 0 fully saturated rings. The van der Waals surface area contributed by atoms with Gasteiger partial charge >= 0.3 is 5.97 Å². The molecule has 22 heavy (non-hydrogen) atoms. The number of nitrogens with one attached hydrogen (secondary N) is 1. The summed E-state index contributed by atoms with van der Waals surface area (Å²) in [6.07, 6.45) is 6.35. The molecule has 0 spiro atoms. The van der Waals surface area contributed by atoms with Gasteiger partial charge in [-0.05, 0) is 37.1 Å². The minimum Gasteiger partial charge on any atom is -0.469 e. The van der Waals surface area contributed by atoms with Crippen LogP contribution < -0.4 is 10.6 Å². The van der Waals surface area contributed by atoms with Crippen molar-refractivity contribution in [3.8, 4) is 0 Å². The van der Waals surface area contributed by atoms with Crippen molar-refractivity contribution in [2.75, 3.05) is 25.2 Å². The van der Waals surface area contributed by atoms with Gasteiger partial charge in [0.1, 0.15) is 5.84 Å². The summed E-state index contributed by atoms with van der Waals surface area (Å²) in [5, 5.41) is 7.39. The Balaban J connectivity index is 1.77. The third-order valence-corrected chi connectivity index (χ3v) is 3.61. The summed E-state index contributed by atoms with van der Waals surface area (Å²) in [5.74, 6) is -0.0695. The number of esters is 1. The summed E-state index contributed by atoms with van der Waals surface area (Å²) in [5.41, 5.74) is 7.25. The second kappa shape index (κ2) is 7.49. The quantitative estimate of drug-likeness (QED) is 0.348. The average Bonchev–Trinajstić information content (AvgIpc) is 3.00. The van der Waals surface area contributed by atoms with Gasteiger partial charge in [0.25, 0.3) is 0 Å². The van der Waals surface area contributed by atoms with Gasteiger partial charge in [-0.3, -0.25) is 10.2 Å². The number of ether oxygens (including phenoxy) is 1. The largest absolute Gasteiger partial charge is 0.469 e. The molecule has 1 heterocycles. The van der Waals surface area contributed by atoms with E-state index in [-0.39, 0.29) is 11.8 Å². The van der Waals surface area contributed by atoms with Crippen molar-refractivity contribution >= 4 is 17.5 Å². The van der Waals surface area contributed by atoms with Gasteiger partial charge in [0, 0.05) is 36.6 Å². The molecule has 0 saturated carbocycles. The van der Waals surface area contributed by atoms with E-state index in [0.29, 0.717) is 6.42 Å². The van der Waals surface area contributed by atoms with E-state index in [4.69, 9.17) is 11.1 Å². The number of rotatable bonds is 7. The molecule has 3 N–H and O–H groups in total. The number of methoxy groups -OCH3 is 1. The zero-order valence-corrected chi connectivity index (χ0v) is 12.8. The SMILES string of the molecule is COC(=O)CCCCN1C=CN(c2ccc(C(=N)N)cc2)C1. The van der Waals surface area contributed by atoms with E-state index < -0.39 is 0 Å². The fourth-order valence-corrected chi connectivity index (χ4v) is 2.30. The first-order valence-corrected chi connectivity index (χ1v) is 7.30. The van der Waals surface area contributed by atoms with Crippen LogP contribution in [0.5, 0.6) is 0 Å². The summed E-state index contributed by atoms with van der Waals surface area (Å²) in [7, 11) is 1.42. The molecule has 1 aliphatic rings. The molecule has 0 aromatic heterocycles. The van der Waals surface area contributed by atoms with Crippen molar-refractivity contribution in [3.05, 3.63) is 42.2 Å². The normalized spacial score (nSPS) is 13.5. The van der Waals surface area contributed by atoms with E-state index in [0.717, 1.165) is 37.3 Å². The summed E-state index contributed by atoms with van der Waals surface area (Å²) in [6, 6.07) is 7.62. The molecule has 1 aliphatic heterocycles. The van der Waals surface area contributed by atoms with Gasteiger partial charge in [0.15, 0.2) is 0 Å². The molecule has 1 aromatic carbocycles. The van der Waals surface area contributed by atoms with E-state index in [1.165, 1.54) is 7.11 Å². The Morgan fingerprint density at radius 3 is 2.64 bits per heavy atom. The van der Waals surface area contributed by atoms with Crippen LogP contribution in [0.15, 0.2) is 36.7 Å². The fraction of sp³-hybridized carbons (Fsp3) is 0.375. The van der Waals surface area contributed by atoms with Gasteiger partial charge in [0.2, 0.25) is 0 Å². The zero-order valence-electron chi connectivity index (χ0n) is 12.8. The van der Waals surface area contributed by atoms with Gasteiger partial charge in [-0.15, -0.1) is 0 Å². The maximum Gasteiger partial charge on any atom is 0.305 e. The minimum atomic E-state index is -0.149. The lowest BCUT2D eigenvalue weighted by molar-refractivity contribution is -0.140. The lowest BCUT2D eigenvalue weighted by Crippen LogP contribution is -2.26. The maximum absolute atomic E-state index is 11.0. The van der Waals surface area contributed by atoms with E-state index in [9.17, 15) is 4.79 Å². The highest BCUT2D eigenvalue weighted by atomic mass is 16.5. The van der Waals surface area contributed by atoms with Crippen molar-refractivity contribution in [2.45, 2.75) is 19.3 Å². The van der Waals surface area contributed by atoms with Crippen molar-refractivity contribution in [3.63, 3.8) is 0 Å². The van der Waals surface area contributed by atoms with Crippen LogP contribution in [0.25, 0.3) is 0 Å². The Hall–Kier alpha value is -2.50. The zero-order chi connectivity index (χ0) is 15.9. The predicted octanol–water partition coefficient (Wildman–Crippen LogP) is 1.86. The molecule has 0 unspecified atom stereocenters. The summed E-state index contributed by atoms with van der Waals surface area (Å²) >= 11 is 0. The minimum absolute atomic E-state index is 0.0794. The molecule has 6 nitrogen and oxygen atoms in total. The number of hydrogen-bond donors (Lipinski definition) is 2. The fourth-order valence-electron chi connectivity index (χ4n) is 2.30. The second-order valence-corrected chi connectivity index (χ2v) is 5.22. The van der Waals surface area contributed by atoms with Gasteiger partial charge < -0.3 is 20.3 Å². The average molecular weight is 302 g/mol. The molecule has 118 valence electrons. The highest BCUT2D eigenvalue weighted by molar-refractivity contribution is 5.95. The standard InChI is InChI=1S/C16H22N4O2/c1-22-15(21)4-2-3-9-19-10-11-20(12-19)14-7-5-13(6-8-14)16(17)18/h5-8,10-11H,2-4,9,12H2,1H3,(H3,17,18). The number of nitrogens with zero attached hydrogens (tertiary/aromatic N) is 2. The molecule has 0 aliphatic carbocycles. The van der Waals surface area contributed by atoms with Crippen LogP contribution in [0.2, 0.25) is 0 Å². The number of carbonyl (C=O) groups excluding carboxylic acids is 1. The number of amidine groups is 1. The number of nitrogens with two attached hydrogens (primary N) is 1. The third kappa shape index (κ3) is 4.25. The lowest BCUT2D eigenvalue weighted by Gasteiger charge is -2.21. The highest BCUT2D eigenvalue weighted by Crippen LogP contribution is 2.20. The molecule has 0 atom stereocenters. The summed E-state index contributed by atoms with van der Waals surface area (Å²) < 4.78 is 4.62. The van der Waals surface area contributed by atoms with Gasteiger partial charge in [0.05, 0.1) is 13.8 Å². The number of nitrogen functional groups attached to an aromatic ring is 1. The molecule has 0 amide bonds. The van der Waals surface area contributed by atoms with Crippen molar-refractivity contribution in [1.82, 2.24) is 4.90 Å². The first kappa shape index (κ1) is 15.9. The molecule has 2 rings (SSSR count). The number of anilines is 1. The molecular weight excluding hydrogens is 280 g/mol. The number of unbranched alkanes of at least 4 members (excludes halogenated alkanes) is 1. The van der Waals surface area contributed by atoms with E-state index in [1.54, 1.807) is 0 Å².